The molecule has 3 N–H and O–H groups in total. The number of aliphatic hydroxyl groups is 2. The maximum Gasteiger partial charge on any atom is 0.240 e. The maximum atomic E-state index is 8.63. The molecule has 0 fully saturated rings. The molecule has 1 aromatic rings. The van der Waals surface area contributed by atoms with Crippen LogP contribution in [0.15, 0.2) is 30.3 Å². The van der Waals surface area contributed by atoms with Crippen LogP contribution in [0.25, 0.3) is 0 Å². The van der Waals surface area contributed by atoms with Crippen molar-refractivity contribution in [3.8, 4) is 5.75 Å². The Hall–Kier alpha value is -0.190. The number of aromatic hydroxyl groups is 1. The van der Waals surface area contributed by atoms with Crippen molar-refractivity contribution in [3.05, 3.63) is 30.3 Å². The molecule has 0 amide bonds. The second-order valence-electron chi connectivity index (χ2n) is 2.25. The molecule has 6 heteroatoms. The third-order valence-electron chi connectivity index (χ3n) is 1.05. The van der Waals surface area contributed by atoms with E-state index in [1.165, 1.54) is 0 Å². The van der Waals surface area contributed by atoms with Crippen LogP contribution in [0, 0.1) is 0 Å². The van der Waals surface area contributed by atoms with Gasteiger partial charge in [-0.25, -0.2) is 0 Å². The number of phenolic OH excluding ortho intramolecular Hbond substituents is 1. The number of aliphatic hydroxyl groups excluding tert-OH is 1. The molecule has 0 saturated carbocycles. The van der Waals surface area contributed by atoms with Crippen molar-refractivity contribution < 1.29 is 15.3 Å². The third-order valence-corrected chi connectivity index (χ3v) is 1.63. The summed E-state index contributed by atoms with van der Waals surface area (Å²) in [6.45, 7) is 0. The van der Waals surface area contributed by atoms with E-state index in [1.807, 2.05) is 6.07 Å². The summed E-state index contributed by atoms with van der Waals surface area (Å²) in [5.41, 5.74) is 0. The molecular weight excluding hydrogens is 250 g/mol. The molecule has 0 spiro atoms. The molecule has 14 heavy (non-hydrogen) atoms. The van der Waals surface area contributed by atoms with Crippen LogP contribution in [0.4, 0.5) is 0 Å². The summed E-state index contributed by atoms with van der Waals surface area (Å²) in [6, 6.07) is 8.71. The van der Waals surface area contributed by atoms with Gasteiger partial charge in [-0.2, -0.15) is 0 Å². The highest BCUT2D eigenvalue weighted by atomic mass is 35.6. The smallest absolute Gasteiger partial charge is 0.240 e. The molecule has 0 aromatic heterocycles. The minimum atomic E-state index is -1.97. The molecular formula is C8H9Cl3O3. The van der Waals surface area contributed by atoms with Gasteiger partial charge in [-0.05, 0) is 12.1 Å². The maximum absolute atomic E-state index is 8.63. The standard InChI is InChI=1S/C6H6O.C2H3Cl3O2/c7-6-4-2-1-3-5-6;3-2(4,5)1(6)7/h1-5,7H;1,6-7H. The molecule has 0 aliphatic rings. The topological polar surface area (TPSA) is 60.7 Å². The largest absolute Gasteiger partial charge is 0.508 e. The van der Waals surface area contributed by atoms with Crippen molar-refractivity contribution >= 4 is 34.8 Å². The second kappa shape index (κ2) is 6.32. The van der Waals surface area contributed by atoms with E-state index < -0.39 is 10.1 Å². The summed E-state index contributed by atoms with van der Waals surface area (Å²) in [5, 5.41) is 24.7. The number of halogens is 3. The van der Waals surface area contributed by atoms with Crippen molar-refractivity contribution in [2.45, 2.75) is 10.1 Å². The quantitative estimate of drug-likeness (QED) is 0.494. The van der Waals surface area contributed by atoms with E-state index in [9.17, 15) is 0 Å². The summed E-state index contributed by atoms with van der Waals surface area (Å²) in [4.78, 5) is 0. The number of phenols is 1. The van der Waals surface area contributed by atoms with Gasteiger partial charge in [0.2, 0.25) is 3.79 Å². The molecule has 1 rings (SSSR count). The average molecular weight is 260 g/mol. The zero-order valence-electron chi connectivity index (χ0n) is 6.94. The average Bonchev–Trinajstić information content (AvgIpc) is 2.04. The number of hydrogen-bond acceptors (Lipinski definition) is 3. The molecule has 0 bridgehead atoms. The van der Waals surface area contributed by atoms with Gasteiger partial charge in [-0.1, -0.05) is 53.0 Å². The summed E-state index contributed by atoms with van der Waals surface area (Å²) >= 11 is 14.7. The van der Waals surface area contributed by atoms with Crippen LogP contribution < -0.4 is 0 Å². The second-order valence-corrected chi connectivity index (χ2v) is 4.62. The summed E-state index contributed by atoms with van der Waals surface area (Å²) in [7, 11) is 0. The Kier molecular flexibility index (Phi) is 6.24. The Morgan fingerprint density at radius 2 is 1.36 bits per heavy atom. The molecule has 1 aromatic carbocycles. The van der Waals surface area contributed by atoms with Gasteiger partial charge in [0.25, 0.3) is 0 Å². The van der Waals surface area contributed by atoms with E-state index in [-0.39, 0.29) is 0 Å². The first kappa shape index (κ1) is 13.8. The van der Waals surface area contributed by atoms with Crippen LogP contribution >= 0.6 is 34.8 Å². The van der Waals surface area contributed by atoms with Gasteiger partial charge >= 0.3 is 0 Å². The Balaban J connectivity index is 0.000000241. The summed E-state index contributed by atoms with van der Waals surface area (Å²) in [6.07, 6.45) is -1.91. The fourth-order valence-corrected chi connectivity index (χ4v) is 0.428. The van der Waals surface area contributed by atoms with E-state index in [2.05, 4.69) is 0 Å². The number of alkyl halides is 3. The highest BCUT2D eigenvalue weighted by Crippen LogP contribution is 2.28. The van der Waals surface area contributed by atoms with Crippen molar-refractivity contribution in [1.82, 2.24) is 0 Å². The first-order chi connectivity index (χ1) is 6.34. The number of benzene rings is 1. The van der Waals surface area contributed by atoms with E-state index in [0.717, 1.165) is 0 Å². The molecule has 0 atom stereocenters. The SMILES string of the molecule is OC(O)C(Cl)(Cl)Cl.Oc1ccccc1. The van der Waals surface area contributed by atoms with E-state index >= 15 is 0 Å². The zero-order valence-corrected chi connectivity index (χ0v) is 9.21. The third kappa shape index (κ3) is 7.24. The summed E-state index contributed by atoms with van der Waals surface area (Å²) < 4.78 is -1.97. The van der Waals surface area contributed by atoms with Gasteiger partial charge in [0.15, 0.2) is 6.29 Å². The number of para-hydroxylation sites is 1. The van der Waals surface area contributed by atoms with Crippen LogP contribution in [0.5, 0.6) is 5.75 Å². The number of rotatable bonds is 0. The van der Waals surface area contributed by atoms with Crippen LogP contribution in [0.3, 0.4) is 0 Å². The molecule has 0 heterocycles. The monoisotopic (exact) mass is 258 g/mol. The van der Waals surface area contributed by atoms with Crippen molar-refractivity contribution in [1.29, 1.82) is 0 Å². The van der Waals surface area contributed by atoms with Crippen molar-refractivity contribution in [3.63, 3.8) is 0 Å². The predicted molar refractivity (Wildman–Crippen MR) is 56.6 cm³/mol. The Morgan fingerprint density at radius 1 is 1.00 bits per heavy atom. The lowest BCUT2D eigenvalue weighted by Crippen LogP contribution is -2.23. The van der Waals surface area contributed by atoms with E-state index in [1.54, 1.807) is 24.3 Å². The first-order valence-corrected chi connectivity index (χ1v) is 4.64. The minimum Gasteiger partial charge on any atom is -0.508 e. The van der Waals surface area contributed by atoms with Gasteiger partial charge in [0.1, 0.15) is 5.75 Å². The Morgan fingerprint density at radius 3 is 1.50 bits per heavy atom. The van der Waals surface area contributed by atoms with E-state index in [4.69, 9.17) is 50.1 Å². The lowest BCUT2D eigenvalue weighted by molar-refractivity contribution is -0.0355. The normalized spacial score (nSPS) is 10.7. The van der Waals surface area contributed by atoms with E-state index in [0.29, 0.717) is 5.75 Å². The fourth-order valence-electron chi connectivity index (χ4n) is 0.428. The van der Waals surface area contributed by atoms with Crippen molar-refractivity contribution in [2.75, 3.05) is 0 Å². The number of hydrogen-bond donors (Lipinski definition) is 3. The first-order valence-electron chi connectivity index (χ1n) is 3.51. The molecule has 0 saturated heterocycles. The van der Waals surface area contributed by atoms with Crippen LogP contribution in [0.2, 0.25) is 0 Å². The van der Waals surface area contributed by atoms with Crippen molar-refractivity contribution in [2.24, 2.45) is 0 Å². The van der Waals surface area contributed by atoms with Gasteiger partial charge in [0, 0.05) is 0 Å². The fraction of sp³-hybridized carbons (Fsp3) is 0.250. The molecule has 0 unspecified atom stereocenters. The zero-order chi connectivity index (χ0) is 11.2. The van der Waals surface area contributed by atoms with Gasteiger partial charge < -0.3 is 15.3 Å². The Labute approximate surface area is 96.5 Å². The van der Waals surface area contributed by atoms with Crippen LogP contribution in [0.1, 0.15) is 0 Å². The molecule has 0 radical (unpaired) electrons. The molecule has 3 nitrogen and oxygen atoms in total. The lowest BCUT2D eigenvalue weighted by Gasteiger charge is -2.10. The molecule has 0 aliphatic carbocycles. The van der Waals surface area contributed by atoms with Gasteiger partial charge in [-0.15, -0.1) is 0 Å². The summed E-state index contributed by atoms with van der Waals surface area (Å²) in [5.74, 6) is 0.322. The highest BCUT2D eigenvalue weighted by molar-refractivity contribution is 6.67. The van der Waals surface area contributed by atoms with Gasteiger partial charge in [0.05, 0.1) is 0 Å². The molecule has 80 valence electrons. The predicted octanol–water partition coefficient (Wildman–Crippen LogP) is 2.06. The van der Waals surface area contributed by atoms with Crippen LogP contribution in [-0.4, -0.2) is 25.4 Å². The highest BCUT2D eigenvalue weighted by Gasteiger charge is 2.28. The molecule has 0 aliphatic heterocycles. The lowest BCUT2D eigenvalue weighted by atomic mass is 10.3. The Bertz CT molecular complexity index is 246. The van der Waals surface area contributed by atoms with Crippen LogP contribution in [-0.2, 0) is 0 Å². The minimum absolute atomic E-state index is 0.322. The van der Waals surface area contributed by atoms with Gasteiger partial charge in [-0.3, -0.25) is 0 Å².